The van der Waals surface area contributed by atoms with Gasteiger partial charge in [0.25, 0.3) is 0 Å². The summed E-state index contributed by atoms with van der Waals surface area (Å²) in [6, 6.07) is 0.00426. The van der Waals surface area contributed by atoms with Crippen molar-refractivity contribution in [2.75, 3.05) is 39.5 Å². The van der Waals surface area contributed by atoms with Crippen LogP contribution in [0.3, 0.4) is 0 Å². The topological polar surface area (TPSA) is 47.7 Å². The van der Waals surface area contributed by atoms with E-state index in [1.165, 1.54) is 6.42 Å². The van der Waals surface area contributed by atoms with Gasteiger partial charge in [-0.3, -0.25) is 4.90 Å². The number of nitrogens with two attached hydrogens (primary N) is 1. The van der Waals surface area contributed by atoms with Crippen LogP contribution in [0.2, 0.25) is 0 Å². The smallest absolute Gasteiger partial charge is 0.0875 e. The second-order valence-corrected chi connectivity index (χ2v) is 4.03. The summed E-state index contributed by atoms with van der Waals surface area (Å²) in [5.74, 6) is 0. The van der Waals surface area contributed by atoms with Crippen LogP contribution in [0.1, 0.15) is 20.3 Å². The molecule has 1 heterocycles. The maximum atomic E-state index is 6.02. The van der Waals surface area contributed by atoms with Crippen LogP contribution in [0.5, 0.6) is 0 Å². The zero-order valence-corrected chi connectivity index (χ0v) is 9.95. The van der Waals surface area contributed by atoms with Gasteiger partial charge in [0.05, 0.1) is 25.4 Å². The predicted molar refractivity (Wildman–Crippen MR) is 60.9 cm³/mol. The fourth-order valence-corrected chi connectivity index (χ4v) is 1.87. The van der Waals surface area contributed by atoms with Gasteiger partial charge in [-0.1, -0.05) is 6.92 Å². The molecule has 4 nitrogen and oxygen atoms in total. The van der Waals surface area contributed by atoms with Crippen molar-refractivity contribution >= 4 is 0 Å². The molecule has 1 aliphatic heterocycles. The van der Waals surface area contributed by atoms with Crippen molar-refractivity contribution in [1.29, 1.82) is 0 Å². The van der Waals surface area contributed by atoms with Gasteiger partial charge in [-0.2, -0.15) is 0 Å². The predicted octanol–water partition coefficient (Wildman–Crippen LogP) is 0.461. The largest absolute Gasteiger partial charge is 0.380 e. The Hall–Kier alpha value is -0.160. The van der Waals surface area contributed by atoms with E-state index in [2.05, 4.69) is 11.8 Å². The Bertz CT molecular complexity index is 165. The van der Waals surface area contributed by atoms with Crippen LogP contribution in [0, 0.1) is 0 Å². The summed E-state index contributed by atoms with van der Waals surface area (Å²) in [4.78, 5) is 2.42. The molecule has 1 aliphatic rings. The average Bonchev–Trinajstić information content (AvgIpc) is 2.27. The molecular formula is C11H24N2O2. The van der Waals surface area contributed by atoms with Crippen molar-refractivity contribution < 1.29 is 9.47 Å². The lowest BCUT2D eigenvalue weighted by atomic mass is 10.1. The van der Waals surface area contributed by atoms with Gasteiger partial charge in [-0.15, -0.1) is 0 Å². The Kier molecular flexibility index (Phi) is 6.17. The summed E-state index contributed by atoms with van der Waals surface area (Å²) in [7, 11) is 0. The lowest BCUT2D eigenvalue weighted by Crippen LogP contribution is -2.52. The van der Waals surface area contributed by atoms with E-state index < -0.39 is 0 Å². The summed E-state index contributed by atoms with van der Waals surface area (Å²) in [6.45, 7) is 9.42. The molecule has 0 radical (unpaired) electrons. The molecule has 0 aromatic carbocycles. The molecule has 15 heavy (non-hydrogen) atoms. The number of rotatable bonds is 6. The maximum Gasteiger partial charge on any atom is 0.0875 e. The zero-order chi connectivity index (χ0) is 11.1. The first-order chi connectivity index (χ1) is 7.27. The highest BCUT2D eigenvalue weighted by Gasteiger charge is 2.25. The highest BCUT2D eigenvalue weighted by molar-refractivity contribution is 4.80. The molecule has 0 aromatic heterocycles. The van der Waals surface area contributed by atoms with Gasteiger partial charge in [0.2, 0.25) is 0 Å². The number of hydrogen-bond donors (Lipinski definition) is 1. The van der Waals surface area contributed by atoms with Gasteiger partial charge >= 0.3 is 0 Å². The van der Waals surface area contributed by atoms with E-state index in [1.54, 1.807) is 0 Å². The van der Waals surface area contributed by atoms with Crippen LogP contribution in [0.25, 0.3) is 0 Å². The lowest BCUT2D eigenvalue weighted by molar-refractivity contribution is -0.0532. The minimum atomic E-state index is 0.00426. The molecule has 0 saturated carbocycles. The quantitative estimate of drug-likeness (QED) is 0.701. The Morgan fingerprint density at radius 1 is 1.53 bits per heavy atom. The fraction of sp³-hybridized carbons (Fsp3) is 1.00. The minimum Gasteiger partial charge on any atom is -0.380 e. The first-order valence-electron chi connectivity index (χ1n) is 5.95. The van der Waals surface area contributed by atoms with Gasteiger partial charge in [-0.05, 0) is 19.9 Å². The number of nitrogens with zero attached hydrogens (tertiary/aromatic N) is 1. The highest BCUT2D eigenvalue weighted by Crippen LogP contribution is 2.08. The van der Waals surface area contributed by atoms with Crippen LogP contribution in [0.15, 0.2) is 0 Å². The third-order valence-electron chi connectivity index (χ3n) is 2.71. The standard InChI is InChI=1S/C11H24N2O2/c1-3-5-13-6-7-15-11(8-13)10(12)9-14-4-2/h10-11H,3-9,12H2,1-2H3. The zero-order valence-electron chi connectivity index (χ0n) is 9.95. The van der Waals surface area contributed by atoms with Gasteiger partial charge < -0.3 is 15.2 Å². The van der Waals surface area contributed by atoms with Crippen LogP contribution < -0.4 is 5.73 Å². The third kappa shape index (κ3) is 4.47. The summed E-state index contributed by atoms with van der Waals surface area (Å²) >= 11 is 0. The van der Waals surface area contributed by atoms with Crippen molar-refractivity contribution in [1.82, 2.24) is 4.90 Å². The van der Waals surface area contributed by atoms with E-state index in [0.717, 1.165) is 32.8 Å². The van der Waals surface area contributed by atoms with E-state index >= 15 is 0 Å². The summed E-state index contributed by atoms with van der Waals surface area (Å²) < 4.78 is 11.0. The molecule has 1 rings (SSSR count). The van der Waals surface area contributed by atoms with Crippen molar-refractivity contribution in [3.63, 3.8) is 0 Å². The second-order valence-electron chi connectivity index (χ2n) is 4.03. The summed E-state index contributed by atoms with van der Waals surface area (Å²) in [5.41, 5.74) is 6.02. The molecule has 0 bridgehead atoms. The number of morpholine rings is 1. The Morgan fingerprint density at radius 3 is 3.00 bits per heavy atom. The molecule has 0 aliphatic carbocycles. The molecule has 2 atom stereocenters. The molecule has 90 valence electrons. The maximum absolute atomic E-state index is 6.02. The molecule has 0 spiro atoms. The Morgan fingerprint density at radius 2 is 2.33 bits per heavy atom. The number of hydrogen-bond acceptors (Lipinski definition) is 4. The van der Waals surface area contributed by atoms with Crippen LogP contribution in [0.4, 0.5) is 0 Å². The van der Waals surface area contributed by atoms with E-state index in [-0.39, 0.29) is 12.1 Å². The average molecular weight is 216 g/mol. The molecule has 1 fully saturated rings. The lowest BCUT2D eigenvalue weighted by Gasteiger charge is -2.35. The third-order valence-corrected chi connectivity index (χ3v) is 2.71. The van der Waals surface area contributed by atoms with Crippen molar-refractivity contribution in [3.05, 3.63) is 0 Å². The van der Waals surface area contributed by atoms with Crippen molar-refractivity contribution in [2.24, 2.45) is 5.73 Å². The van der Waals surface area contributed by atoms with E-state index in [4.69, 9.17) is 15.2 Å². The summed E-state index contributed by atoms with van der Waals surface area (Å²) in [5, 5.41) is 0. The van der Waals surface area contributed by atoms with Gasteiger partial charge in [0.15, 0.2) is 0 Å². The first kappa shape index (κ1) is 12.9. The first-order valence-corrected chi connectivity index (χ1v) is 5.95. The van der Waals surface area contributed by atoms with Crippen molar-refractivity contribution in [2.45, 2.75) is 32.4 Å². The molecule has 2 N–H and O–H groups in total. The number of ether oxygens (including phenoxy) is 2. The van der Waals surface area contributed by atoms with Crippen LogP contribution in [-0.4, -0.2) is 56.5 Å². The Labute approximate surface area is 92.7 Å². The molecular weight excluding hydrogens is 192 g/mol. The molecule has 4 heteroatoms. The highest BCUT2D eigenvalue weighted by atomic mass is 16.5. The second kappa shape index (κ2) is 7.17. The SMILES string of the molecule is CCCN1CCOC(C(N)COCC)C1. The Balaban J connectivity index is 2.27. The van der Waals surface area contributed by atoms with Crippen molar-refractivity contribution in [3.8, 4) is 0 Å². The van der Waals surface area contributed by atoms with Gasteiger partial charge in [0.1, 0.15) is 0 Å². The molecule has 0 amide bonds. The van der Waals surface area contributed by atoms with Gasteiger partial charge in [0, 0.05) is 19.7 Å². The van der Waals surface area contributed by atoms with Crippen LogP contribution in [-0.2, 0) is 9.47 Å². The molecule has 2 unspecified atom stereocenters. The van der Waals surface area contributed by atoms with E-state index in [0.29, 0.717) is 6.61 Å². The normalized spacial score (nSPS) is 25.4. The fourth-order valence-electron chi connectivity index (χ4n) is 1.87. The molecule has 1 saturated heterocycles. The minimum absolute atomic E-state index is 0.00426. The van der Waals surface area contributed by atoms with Crippen LogP contribution >= 0.6 is 0 Å². The van der Waals surface area contributed by atoms with E-state index in [1.807, 2.05) is 6.92 Å². The molecule has 0 aromatic rings. The monoisotopic (exact) mass is 216 g/mol. The van der Waals surface area contributed by atoms with Gasteiger partial charge in [-0.25, -0.2) is 0 Å². The van der Waals surface area contributed by atoms with E-state index in [9.17, 15) is 0 Å². The summed E-state index contributed by atoms with van der Waals surface area (Å²) in [6.07, 6.45) is 1.32.